The summed E-state index contributed by atoms with van der Waals surface area (Å²) in [7, 11) is 0. The first kappa shape index (κ1) is 16.1. The minimum Gasteiger partial charge on any atom is -0.310 e. The van der Waals surface area contributed by atoms with Crippen molar-refractivity contribution < 1.29 is 4.39 Å². The average molecular weight is 351 g/mol. The Bertz CT molecular complexity index is 601. The average Bonchev–Trinajstić information content (AvgIpc) is 2.48. The van der Waals surface area contributed by atoms with Gasteiger partial charge in [-0.2, -0.15) is 0 Å². The van der Waals surface area contributed by atoms with E-state index in [0.29, 0.717) is 4.47 Å². The molecule has 2 rings (SSSR count). The van der Waals surface area contributed by atoms with Crippen LogP contribution in [0.4, 0.5) is 4.39 Å². The number of hydrogen-bond donors (Lipinski definition) is 1. The van der Waals surface area contributed by atoms with Gasteiger partial charge < -0.3 is 5.32 Å². The molecule has 1 atom stereocenters. The van der Waals surface area contributed by atoms with Gasteiger partial charge in [0.2, 0.25) is 0 Å². The molecule has 0 radical (unpaired) electrons. The molecule has 4 heteroatoms. The zero-order valence-electron chi connectivity index (χ0n) is 12.4. The Balaban J connectivity index is 2.24. The monoisotopic (exact) mass is 350 g/mol. The van der Waals surface area contributed by atoms with Crippen molar-refractivity contribution in [3.8, 4) is 0 Å². The van der Waals surface area contributed by atoms with Crippen LogP contribution in [0.15, 0.2) is 41.0 Å². The van der Waals surface area contributed by atoms with Crippen LogP contribution >= 0.6 is 15.9 Å². The highest BCUT2D eigenvalue weighted by molar-refractivity contribution is 9.10. The third kappa shape index (κ3) is 4.35. The summed E-state index contributed by atoms with van der Waals surface area (Å²) in [5.74, 6) is -0.227. The summed E-state index contributed by atoms with van der Waals surface area (Å²) in [5, 5.41) is 3.56. The number of benzene rings is 1. The van der Waals surface area contributed by atoms with E-state index >= 15 is 0 Å². The van der Waals surface area contributed by atoms with Crippen LogP contribution in [-0.2, 0) is 6.42 Å². The quantitative estimate of drug-likeness (QED) is 0.824. The normalized spacial score (nSPS) is 12.4. The van der Waals surface area contributed by atoms with Crippen LogP contribution in [0.25, 0.3) is 0 Å². The summed E-state index contributed by atoms with van der Waals surface area (Å²) in [5.41, 5.74) is 3.33. The van der Waals surface area contributed by atoms with Crippen LogP contribution in [0.2, 0.25) is 0 Å². The van der Waals surface area contributed by atoms with Gasteiger partial charge in [0, 0.05) is 17.9 Å². The van der Waals surface area contributed by atoms with E-state index in [4.69, 9.17) is 0 Å². The lowest BCUT2D eigenvalue weighted by Gasteiger charge is -2.20. The smallest absolute Gasteiger partial charge is 0.137 e. The summed E-state index contributed by atoms with van der Waals surface area (Å²) < 4.78 is 13.9. The largest absolute Gasteiger partial charge is 0.310 e. The molecule has 112 valence electrons. The maximum atomic E-state index is 13.4. The number of hydrogen-bond acceptors (Lipinski definition) is 2. The van der Waals surface area contributed by atoms with Crippen molar-refractivity contribution in [3.05, 3.63) is 63.6 Å². The van der Waals surface area contributed by atoms with Gasteiger partial charge in [-0.05, 0) is 71.6 Å². The second kappa shape index (κ2) is 7.66. The molecule has 0 aliphatic carbocycles. The predicted octanol–water partition coefficient (Wildman–Crippen LogP) is 4.58. The van der Waals surface area contributed by atoms with E-state index in [1.54, 1.807) is 0 Å². The molecule has 1 aromatic heterocycles. The molecule has 21 heavy (non-hydrogen) atoms. The lowest BCUT2D eigenvalue weighted by molar-refractivity contribution is 0.524. The van der Waals surface area contributed by atoms with Crippen molar-refractivity contribution in [1.82, 2.24) is 10.3 Å². The molecular formula is C17H20BrFN2. The minimum atomic E-state index is -0.227. The molecule has 0 saturated carbocycles. The minimum absolute atomic E-state index is 0.191. The van der Waals surface area contributed by atoms with Crippen molar-refractivity contribution in [2.24, 2.45) is 0 Å². The van der Waals surface area contributed by atoms with Crippen molar-refractivity contribution in [2.45, 2.75) is 32.7 Å². The Morgan fingerprint density at radius 1 is 1.33 bits per heavy atom. The fourth-order valence-corrected chi connectivity index (χ4v) is 2.80. The fraction of sp³-hybridized carbons (Fsp3) is 0.353. The topological polar surface area (TPSA) is 24.9 Å². The predicted molar refractivity (Wildman–Crippen MR) is 87.8 cm³/mol. The Morgan fingerprint density at radius 3 is 2.81 bits per heavy atom. The number of pyridine rings is 1. The summed E-state index contributed by atoms with van der Waals surface area (Å²) in [6.45, 7) is 5.12. The van der Waals surface area contributed by atoms with E-state index in [9.17, 15) is 4.39 Å². The molecular weight excluding hydrogens is 331 g/mol. The van der Waals surface area contributed by atoms with E-state index in [1.165, 1.54) is 11.6 Å². The van der Waals surface area contributed by atoms with Gasteiger partial charge in [-0.1, -0.05) is 19.1 Å². The van der Waals surface area contributed by atoms with E-state index in [0.717, 1.165) is 30.6 Å². The lowest BCUT2D eigenvalue weighted by Crippen LogP contribution is -2.25. The second-order valence-electron chi connectivity index (χ2n) is 5.14. The van der Waals surface area contributed by atoms with Gasteiger partial charge in [0.05, 0.1) is 4.47 Å². The molecule has 0 bridgehead atoms. The van der Waals surface area contributed by atoms with Crippen LogP contribution in [0.5, 0.6) is 0 Å². The molecule has 1 N–H and O–H groups in total. The standard InChI is InChI=1S/C17H20BrFN2/c1-3-8-21-17(14-5-4-9-20-12(14)2)11-13-6-7-16(19)15(18)10-13/h4-7,9-10,17,21H,3,8,11H2,1-2H3. The highest BCUT2D eigenvalue weighted by Crippen LogP contribution is 2.23. The van der Waals surface area contributed by atoms with E-state index in [-0.39, 0.29) is 11.9 Å². The van der Waals surface area contributed by atoms with Crippen LogP contribution in [0.3, 0.4) is 0 Å². The van der Waals surface area contributed by atoms with Crippen molar-refractivity contribution in [2.75, 3.05) is 6.54 Å². The van der Waals surface area contributed by atoms with Gasteiger partial charge >= 0.3 is 0 Å². The number of nitrogens with zero attached hydrogens (tertiary/aromatic N) is 1. The van der Waals surface area contributed by atoms with Gasteiger partial charge in [-0.15, -0.1) is 0 Å². The van der Waals surface area contributed by atoms with Gasteiger partial charge in [0.15, 0.2) is 0 Å². The Labute approximate surface area is 133 Å². The fourth-order valence-electron chi connectivity index (χ4n) is 2.38. The Morgan fingerprint density at radius 2 is 2.14 bits per heavy atom. The molecule has 0 aliphatic heterocycles. The first-order valence-electron chi connectivity index (χ1n) is 7.20. The molecule has 0 saturated heterocycles. The van der Waals surface area contributed by atoms with Crippen molar-refractivity contribution in [3.63, 3.8) is 0 Å². The Kier molecular flexibility index (Phi) is 5.88. The van der Waals surface area contributed by atoms with Crippen molar-refractivity contribution in [1.29, 1.82) is 0 Å². The third-order valence-electron chi connectivity index (χ3n) is 3.49. The number of aromatic nitrogens is 1. The van der Waals surface area contributed by atoms with Crippen LogP contribution < -0.4 is 5.32 Å². The molecule has 1 unspecified atom stereocenters. The van der Waals surface area contributed by atoms with Gasteiger partial charge in [0.25, 0.3) is 0 Å². The zero-order valence-corrected chi connectivity index (χ0v) is 14.0. The first-order valence-corrected chi connectivity index (χ1v) is 8.00. The zero-order chi connectivity index (χ0) is 15.2. The third-order valence-corrected chi connectivity index (χ3v) is 4.10. The highest BCUT2D eigenvalue weighted by atomic mass is 79.9. The molecule has 1 heterocycles. The number of halogens is 2. The molecule has 2 aromatic rings. The van der Waals surface area contributed by atoms with E-state index in [2.05, 4.69) is 39.2 Å². The molecule has 1 aromatic carbocycles. The number of rotatable bonds is 6. The summed E-state index contributed by atoms with van der Waals surface area (Å²) in [6, 6.07) is 9.45. The van der Waals surface area contributed by atoms with Crippen LogP contribution in [-0.4, -0.2) is 11.5 Å². The van der Waals surface area contributed by atoms with E-state index < -0.39 is 0 Å². The van der Waals surface area contributed by atoms with Gasteiger partial charge in [0.1, 0.15) is 5.82 Å². The number of aryl methyl sites for hydroxylation is 1. The van der Waals surface area contributed by atoms with Gasteiger partial charge in [-0.25, -0.2) is 4.39 Å². The highest BCUT2D eigenvalue weighted by Gasteiger charge is 2.15. The second-order valence-corrected chi connectivity index (χ2v) is 5.99. The van der Waals surface area contributed by atoms with Crippen LogP contribution in [0, 0.1) is 12.7 Å². The van der Waals surface area contributed by atoms with Crippen molar-refractivity contribution >= 4 is 15.9 Å². The molecule has 0 aliphatic rings. The maximum Gasteiger partial charge on any atom is 0.137 e. The molecule has 0 fully saturated rings. The molecule has 2 nitrogen and oxygen atoms in total. The van der Waals surface area contributed by atoms with Crippen LogP contribution in [0.1, 0.15) is 36.2 Å². The maximum absolute atomic E-state index is 13.4. The molecule has 0 spiro atoms. The summed E-state index contributed by atoms with van der Waals surface area (Å²) in [6.07, 6.45) is 3.69. The van der Waals surface area contributed by atoms with E-state index in [1.807, 2.05) is 31.3 Å². The molecule has 0 amide bonds. The summed E-state index contributed by atoms with van der Waals surface area (Å²) in [4.78, 5) is 4.37. The first-order chi connectivity index (χ1) is 10.1. The summed E-state index contributed by atoms with van der Waals surface area (Å²) >= 11 is 3.25. The lowest BCUT2D eigenvalue weighted by atomic mass is 9.97. The SMILES string of the molecule is CCCNC(Cc1ccc(F)c(Br)c1)c1cccnc1C. The Hall–Kier alpha value is -1.26. The van der Waals surface area contributed by atoms with Gasteiger partial charge in [-0.3, -0.25) is 4.98 Å². The number of nitrogens with one attached hydrogen (secondary N) is 1.